The molecule has 0 spiro atoms. The van der Waals surface area contributed by atoms with Crippen molar-refractivity contribution in [2.75, 3.05) is 13.2 Å². The van der Waals surface area contributed by atoms with Gasteiger partial charge >= 0.3 is 18.0 Å². The molecule has 0 fully saturated rings. The summed E-state index contributed by atoms with van der Waals surface area (Å²) in [5.74, 6) is -4.15. The van der Waals surface area contributed by atoms with E-state index in [1.165, 1.54) is 36.4 Å². The Bertz CT molecular complexity index is 1630. The van der Waals surface area contributed by atoms with Gasteiger partial charge in [0.1, 0.15) is 6.61 Å². The highest BCUT2D eigenvalue weighted by Gasteiger charge is 2.42. The Labute approximate surface area is 290 Å². The first kappa shape index (κ1) is 38.2. The fourth-order valence-electron chi connectivity index (χ4n) is 4.12. The van der Waals surface area contributed by atoms with Crippen LogP contribution in [0, 0.1) is 5.41 Å². The van der Waals surface area contributed by atoms with Crippen molar-refractivity contribution in [3.63, 3.8) is 0 Å². The number of hydroxylamine groups is 2. The third-order valence-corrected chi connectivity index (χ3v) is 6.92. The van der Waals surface area contributed by atoms with Crippen LogP contribution >= 0.6 is 11.6 Å². The molecule has 0 aliphatic heterocycles. The van der Waals surface area contributed by atoms with Crippen LogP contribution in [-0.4, -0.2) is 69.5 Å². The Morgan fingerprint density at radius 1 is 0.694 bits per heavy atom. The number of esters is 2. The van der Waals surface area contributed by atoms with E-state index in [-0.39, 0.29) is 17.7 Å². The summed E-state index contributed by atoms with van der Waals surface area (Å²) >= 11 is 6.02. The molecule has 12 nitrogen and oxygen atoms in total. The SMILES string of the molecule is CC(C)(C)C(=O)OCC(=O)N(CCC(=O)OCc1ccccc1)OC(=O)N(N(C(=O)c1ccccc1)C(=O)c1ccc(Cl)cc1)C(C)(C)C. The van der Waals surface area contributed by atoms with Gasteiger partial charge in [-0.05, 0) is 83.5 Å². The first-order valence-electron chi connectivity index (χ1n) is 15.4. The molecule has 0 aliphatic carbocycles. The maximum atomic E-state index is 14.0. The second kappa shape index (κ2) is 16.7. The minimum atomic E-state index is -1.31. The van der Waals surface area contributed by atoms with Gasteiger partial charge in [-0.1, -0.05) is 60.1 Å². The summed E-state index contributed by atoms with van der Waals surface area (Å²) in [6.07, 6.45) is -1.72. The monoisotopic (exact) mass is 693 g/mol. The van der Waals surface area contributed by atoms with Crippen molar-refractivity contribution in [2.45, 2.75) is 60.1 Å². The smallest absolute Gasteiger partial charge is 0.454 e. The van der Waals surface area contributed by atoms with Gasteiger partial charge in [0.05, 0.1) is 23.9 Å². The van der Waals surface area contributed by atoms with E-state index < -0.39 is 66.3 Å². The molecular formula is C36H40ClN3O9. The van der Waals surface area contributed by atoms with Crippen molar-refractivity contribution >= 4 is 47.4 Å². The maximum absolute atomic E-state index is 14.0. The van der Waals surface area contributed by atoms with Crippen LogP contribution in [0.1, 0.15) is 74.2 Å². The average molecular weight is 694 g/mol. The molecule has 0 heterocycles. The number of rotatable bonds is 9. The number of benzene rings is 3. The van der Waals surface area contributed by atoms with E-state index in [2.05, 4.69) is 0 Å². The Morgan fingerprint density at radius 2 is 1.22 bits per heavy atom. The lowest BCUT2D eigenvalue weighted by molar-refractivity contribution is -0.184. The highest BCUT2D eigenvalue weighted by molar-refractivity contribution is 6.30. The van der Waals surface area contributed by atoms with Gasteiger partial charge in [0.15, 0.2) is 6.61 Å². The van der Waals surface area contributed by atoms with Crippen molar-refractivity contribution in [1.82, 2.24) is 15.1 Å². The number of carbonyl (C=O) groups excluding carboxylic acids is 6. The molecule has 3 aromatic carbocycles. The lowest BCUT2D eigenvalue weighted by Crippen LogP contribution is -2.61. The number of hydrazine groups is 1. The Morgan fingerprint density at radius 3 is 1.76 bits per heavy atom. The Balaban J connectivity index is 1.94. The van der Waals surface area contributed by atoms with Crippen LogP contribution in [0.2, 0.25) is 5.02 Å². The van der Waals surface area contributed by atoms with E-state index in [0.29, 0.717) is 15.1 Å². The van der Waals surface area contributed by atoms with Gasteiger partial charge in [-0.15, -0.1) is 0 Å². The molecular weight excluding hydrogens is 654 g/mol. The molecule has 0 aliphatic rings. The number of amides is 4. The van der Waals surface area contributed by atoms with Crippen molar-refractivity contribution in [1.29, 1.82) is 0 Å². The third kappa shape index (κ3) is 11.2. The zero-order valence-corrected chi connectivity index (χ0v) is 29.1. The van der Waals surface area contributed by atoms with Gasteiger partial charge < -0.3 is 14.3 Å². The number of halogens is 1. The molecule has 0 aromatic heterocycles. The number of ether oxygens (including phenoxy) is 2. The van der Waals surface area contributed by atoms with Crippen LogP contribution in [0.15, 0.2) is 84.9 Å². The summed E-state index contributed by atoms with van der Waals surface area (Å²) in [6, 6.07) is 22.4. The van der Waals surface area contributed by atoms with Crippen LogP contribution < -0.4 is 0 Å². The largest absolute Gasteiger partial charge is 0.461 e. The highest BCUT2D eigenvalue weighted by atomic mass is 35.5. The minimum Gasteiger partial charge on any atom is -0.461 e. The fraction of sp³-hybridized carbons (Fsp3) is 0.333. The molecule has 0 unspecified atom stereocenters. The molecule has 260 valence electrons. The molecule has 49 heavy (non-hydrogen) atoms. The van der Waals surface area contributed by atoms with E-state index in [1.807, 2.05) is 6.07 Å². The molecule has 3 aromatic rings. The first-order chi connectivity index (χ1) is 23.0. The second-order valence-electron chi connectivity index (χ2n) is 12.9. The minimum absolute atomic E-state index is 0.0268. The van der Waals surface area contributed by atoms with Crippen LogP contribution in [0.3, 0.4) is 0 Å². The van der Waals surface area contributed by atoms with E-state index in [1.54, 1.807) is 84.0 Å². The fourth-order valence-corrected chi connectivity index (χ4v) is 4.25. The van der Waals surface area contributed by atoms with Crippen LogP contribution in [0.5, 0.6) is 0 Å². The molecule has 0 radical (unpaired) electrons. The summed E-state index contributed by atoms with van der Waals surface area (Å²) in [6.45, 7) is 8.08. The van der Waals surface area contributed by atoms with Gasteiger partial charge in [0, 0.05) is 16.1 Å². The molecule has 0 bridgehead atoms. The van der Waals surface area contributed by atoms with E-state index in [0.717, 1.165) is 10.6 Å². The summed E-state index contributed by atoms with van der Waals surface area (Å²) < 4.78 is 10.4. The number of carbonyl (C=O) groups is 6. The second-order valence-corrected chi connectivity index (χ2v) is 13.3. The van der Waals surface area contributed by atoms with Crippen molar-refractivity contribution in [3.8, 4) is 0 Å². The number of imide groups is 1. The highest BCUT2D eigenvalue weighted by Crippen LogP contribution is 2.24. The van der Waals surface area contributed by atoms with Gasteiger partial charge in [-0.2, -0.15) is 10.1 Å². The molecule has 0 N–H and O–H groups in total. The number of hydrogen-bond donors (Lipinski definition) is 0. The predicted octanol–water partition coefficient (Wildman–Crippen LogP) is 6.24. The number of hydrogen-bond acceptors (Lipinski definition) is 9. The van der Waals surface area contributed by atoms with Crippen molar-refractivity contribution in [3.05, 3.63) is 107 Å². The maximum Gasteiger partial charge on any atom is 0.454 e. The Hall–Kier alpha value is -5.23. The van der Waals surface area contributed by atoms with Crippen molar-refractivity contribution in [2.24, 2.45) is 5.41 Å². The zero-order valence-electron chi connectivity index (χ0n) is 28.3. The Kier molecular flexibility index (Phi) is 13.1. The molecule has 4 amide bonds. The lowest BCUT2D eigenvalue weighted by Gasteiger charge is -2.41. The average Bonchev–Trinajstić information content (AvgIpc) is 3.06. The number of nitrogens with zero attached hydrogens (tertiary/aromatic N) is 3. The van der Waals surface area contributed by atoms with E-state index >= 15 is 0 Å². The van der Waals surface area contributed by atoms with Crippen LogP contribution in [0.25, 0.3) is 0 Å². The summed E-state index contributed by atoms with van der Waals surface area (Å²) in [5, 5.41) is 2.28. The van der Waals surface area contributed by atoms with E-state index in [9.17, 15) is 28.8 Å². The summed E-state index contributed by atoms with van der Waals surface area (Å²) in [5.41, 5.74) is -1.40. The molecule has 0 saturated heterocycles. The van der Waals surface area contributed by atoms with Gasteiger partial charge in [-0.3, -0.25) is 24.0 Å². The molecule has 3 rings (SSSR count). The van der Waals surface area contributed by atoms with Gasteiger partial charge in [-0.25, -0.2) is 9.80 Å². The predicted molar refractivity (Wildman–Crippen MR) is 179 cm³/mol. The third-order valence-electron chi connectivity index (χ3n) is 6.67. The quantitative estimate of drug-likeness (QED) is 0.145. The first-order valence-corrected chi connectivity index (χ1v) is 15.8. The van der Waals surface area contributed by atoms with E-state index in [4.69, 9.17) is 25.9 Å². The molecule has 0 atom stereocenters. The molecule has 13 heteroatoms. The van der Waals surface area contributed by atoms with Crippen LogP contribution in [-0.2, 0) is 35.3 Å². The topological polar surface area (TPSA) is 140 Å². The molecule has 0 saturated carbocycles. The van der Waals surface area contributed by atoms with Gasteiger partial charge in [0.25, 0.3) is 17.7 Å². The van der Waals surface area contributed by atoms with Gasteiger partial charge in [0.2, 0.25) is 0 Å². The zero-order chi connectivity index (χ0) is 36.4. The summed E-state index contributed by atoms with van der Waals surface area (Å²) in [7, 11) is 0. The summed E-state index contributed by atoms with van der Waals surface area (Å²) in [4.78, 5) is 85.8. The van der Waals surface area contributed by atoms with Crippen molar-refractivity contribution < 1.29 is 43.1 Å². The van der Waals surface area contributed by atoms with Crippen LogP contribution in [0.4, 0.5) is 4.79 Å². The lowest BCUT2D eigenvalue weighted by atomic mass is 9.97. The standard InChI is InChI=1S/C36H40ClN3O9/c1-35(2,3)33(45)48-24-29(41)38(22-21-30(42)47-23-25-13-9-7-10-14-25)49-34(46)40(36(4,5)6)39(31(43)26-15-11-8-12-16-26)32(44)27-17-19-28(37)20-18-27/h7-20H,21-24H2,1-6H3. The normalized spacial score (nSPS) is 11.2.